The molecule has 2 aliphatic heterocycles. The van der Waals surface area contributed by atoms with Crippen LogP contribution in [0.5, 0.6) is 0 Å². The highest BCUT2D eigenvalue weighted by molar-refractivity contribution is 5.68. The van der Waals surface area contributed by atoms with E-state index >= 15 is 0 Å². The number of likely N-dealkylation sites (tertiary alicyclic amines) is 1. The van der Waals surface area contributed by atoms with Gasteiger partial charge in [-0.25, -0.2) is 4.79 Å². The Morgan fingerprint density at radius 3 is 2.44 bits per heavy atom. The number of hydrogen-bond acceptors (Lipinski definition) is 4. The third kappa shape index (κ3) is 2.30. The molecule has 1 unspecified atom stereocenters. The zero-order chi connectivity index (χ0) is 11.7. The lowest BCUT2D eigenvalue weighted by Crippen LogP contribution is -2.57. The van der Waals surface area contributed by atoms with Crippen LogP contribution in [0.25, 0.3) is 0 Å². The molecule has 2 bridgehead atoms. The van der Waals surface area contributed by atoms with Gasteiger partial charge in [0, 0.05) is 24.9 Å². The summed E-state index contributed by atoms with van der Waals surface area (Å²) in [6.45, 7) is 5.79. The summed E-state index contributed by atoms with van der Waals surface area (Å²) < 4.78 is 10.5. The number of carbonyl (C=O) groups excluding carboxylic acids is 1. The van der Waals surface area contributed by atoms with Crippen LogP contribution in [0, 0.1) is 11.8 Å². The number of fused-ring (bicyclic) bond motifs is 2. The van der Waals surface area contributed by atoms with Crippen LogP contribution >= 0.6 is 0 Å². The predicted octanol–water partition coefficient (Wildman–Crippen LogP) is 0.470. The van der Waals surface area contributed by atoms with Gasteiger partial charge < -0.3 is 19.5 Å². The van der Waals surface area contributed by atoms with Crippen molar-refractivity contribution in [3.05, 3.63) is 0 Å². The number of ether oxygens (including phenoxy) is 2. The molecule has 2 heterocycles. The summed E-state index contributed by atoms with van der Waals surface area (Å²) in [6.07, 6.45) is -0.717. The van der Waals surface area contributed by atoms with Crippen molar-refractivity contribution in [1.82, 2.24) is 4.90 Å². The maximum absolute atomic E-state index is 11.7. The number of piperidine rings is 1. The number of aliphatic hydroxyl groups excluding tert-OH is 1. The molecule has 0 aromatic heterocycles. The first kappa shape index (κ1) is 11.7. The molecule has 1 amide bonds. The topological polar surface area (TPSA) is 59.0 Å². The second-order valence-electron chi connectivity index (χ2n) is 4.89. The Morgan fingerprint density at radius 2 is 1.94 bits per heavy atom. The van der Waals surface area contributed by atoms with Crippen molar-refractivity contribution in [3.63, 3.8) is 0 Å². The first-order chi connectivity index (χ1) is 7.58. The standard InChI is InChI=1S/C11H19NO4/c1-7(2)16-11(14)12-3-8-5-15-6-9(4-12)10(8)13/h7-10,13H,3-6H2,1-2H3/t8-,9?,10+/m0/s1. The second kappa shape index (κ2) is 4.59. The molecular formula is C11H19NO4. The van der Waals surface area contributed by atoms with Crippen LogP contribution in [0.2, 0.25) is 0 Å². The molecule has 0 aromatic rings. The van der Waals surface area contributed by atoms with E-state index in [0.29, 0.717) is 26.3 Å². The molecule has 2 rings (SSSR count). The summed E-state index contributed by atoms with van der Waals surface area (Å²) in [6, 6.07) is 0. The van der Waals surface area contributed by atoms with Gasteiger partial charge in [-0.3, -0.25) is 0 Å². The van der Waals surface area contributed by atoms with E-state index < -0.39 is 0 Å². The first-order valence-corrected chi connectivity index (χ1v) is 5.79. The van der Waals surface area contributed by atoms with Crippen LogP contribution in [-0.4, -0.2) is 54.6 Å². The minimum absolute atomic E-state index is 0.0345. The number of carbonyl (C=O) groups is 1. The van der Waals surface area contributed by atoms with Crippen LogP contribution < -0.4 is 0 Å². The molecule has 0 aromatic carbocycles. The van der Waals surface area contributed by atoms with Crippen molar-refractivity contribution in [3.8, 4) is 0 Å². The van der Waals surface area contributed by atoms with E-state index in [2.05, 4.69) is 0 Å². The highest BCUT2D eigenvalue weighted by Gasteiger charge is 2.41. The largest absolute Gasteiger partial charge is 0.447 e. The lowest BCUT2D eigenvalue weighted by Gasteiger charge is -2.44. The quantitative estimate of drug-likeness (QED) is 0.710. The van der Waals surface area contributed by atoms with Gasteiger partial charge in [-0.15, -0.1) is 0 Å². The molecule has 3 atom stereocenters. The van der Waals surface area contributed by atoms with Crippen LogP contribution in [0.1, 0.15) is 13.8 Å². The van der Waals surface area contributed by atoms with Crippen molar-refractivity contribution in [2.45, 2.75) is 26.1 Å². The molecule has 5 heteroatoms. The SMILES string of the molecule is CC(C)OC(=O)N1CC2COC[C@H](C1)[C@H]2O. The van der Waals surface area contributed by atoms with Gasteiger partial charge in [0.25, 0.3) is 0 Å². The zero-order valence-corrected chi connectivity index (χ0v) is 9.76. The van der Waals surface area contributed by atoms with E-state index in [-0.39, 0.29) is 30.1 Å². The summed E-state index contributed by atoms with van der Waals surface area (Å²) in [5, 5.41) is 9.91. The highest BCUT2D eigenvalue weighted by Crippen LogP contribution is 2.27. The summed E-state index contributed by atoms with van der Waals surface area (Å²) in [5.41, 5.74) is 0. The molecule has 0 aliphatic carbocycles. The van der Waals surface area contributed by atoms with Crippen molar-refractivity contribution >= 4 is 6.09 Å². The van der Waals surface area contributed by atoms with Gasteiger partial charge in [0.15, 0.2) is 0 Å². The minimum Gasteiger partial charge on any atom is -0.447 e. The number of aliphatic hydroxyl groups is 1. The zero-order valence-electron chi connectivity index (χ0n) is 9.76. The van der Waals surface area contributed by atoms with Crippen LogP contribution in [-0.2, 0) is 9.47 Å². The Hall–Kier alpha value is -0.810. The maximum atomic E-state index is 11.7. The van der Waals surface area contributed by atoms with Gasteiger partial charge in [-0.2, -0.15) is 0 Å². The first-order valence-electron chi connectivity index (χ1n) is 5.79. The molecule has 16 heavy (non-hydrogen) atoms. The molecule has 0 saturated carbocycles. The fourth-order valence-electron chi connectivity index (χ4n) is 2.34. The number of rotatable bonds is 1. The summed E-state index contributed by atoms with van der Waals surface area (Å²) in [5.74, 6) is 0.0689. The Labute approximate surface area is 95.3 Å². The van der Waals surface area contributed by atoms with E-state index in [4.69, 9.17) is 9.47 Å². The molecule has 5 nitrogen and oxygen atoms in total. The maximum Gasteiger partial charge on any atom is 0.410 e. The van der Waals surface area contributed by atoms with Crippen LogP contribution in [0.4, 0.5) is 4.79 Å². The van der Waals surface area contributed by atoms with E-state index in [1.165, 1.54) is 0 Å². The van der Waals surface area contributed by atoms with E-state index in [0.717, 1.165) is 0 Å². The normalized spacial score (nSPS) is 34.0. The Kier molecular flexibility index (Phi) is 3.35. The van der Waals surface area contributed by atoms with Crippen molar-refractivity contribution in [2.75, 3.05) is 26.3 Å². The van der Waals surface area contributed by atoms with Gasteiger partial charge in [-0.05, 0) is 13.8 Å². The average Bonchev–Trinajstić information content (AvgIpc) is 2.15. The van der Waals surface area contributed by atoms with Gasteiger partial charge in [0.1, 0.15) is 0 Å². The average molecular weight is 229 g/mol. The summed E-state index contributed by atoms with van der Waals surface area (Å²) >= 11 is 0. The van der Waals surface area contributed by atoms with Gasteiger partial charge in [0.05, 0.1) is 25.4 Å². The van der Waals surface area contributed by atoms with Crippen LogP contribution in [0.3, 0.4) is 0 Å². The summed E-state index contributed by atoms with van der Waals surface area (Å²) in [7, 11) is 0. The van der Waals surface area contributed by atoms with Crippen molar-refractivity contribution in [2.24, 2.45) is 11.8 Å². The third-order valence-electron chi connectivity index (χ3n) is 3.13. The van der Waals surface area contributed by atoms with Gasteiger partial charge in [0.2, 0.25) is 0 Å². The fraction of sp³-hybridized carbons (Fsp3) is 0.909. The lowest BCUT2D eigenvalue weighted by molar-refractivity contribution is -0.119. The van der Waals surface area contributed by atoms with E-state index in [1.54, 1.807) is 4.90 Å². The highest BCUT2D eigenvalue weighted by atomic mass is 16.6. The molecule has 2 aliphatic rings. The Bertz CT molecular complexity index is 255. The molecule has 2 fully saturated rings. The van der Waals surface area contributed by atoms with Crippen molar-refractivity contribution < 1.29 is 19.4 Å². The molecule has 0 radical (unpaired) electrons. The number of hydrogen-bond donors (Lipinski definition) is 1. The fourth-order valence-corrected chi connectivity index (χ4v) is 2.34. The predicted molar refractivity (Wildman–Crippen MR) is 57.0 cm³/mol. The Balaban J connectivity index is 1.96. The Morgan fingerprint density at radius 1 is 1.38 bits per heavy atom. The molecule has 0 spiro atoms. The number of amides is 1. The molecule has 2 saturated heterocycles. The lowest BCUT2D eigenvalue weighted by atomic mass is 9.85. The third-order valence-corrected chi connectivity index (χ3v) is 3.13. The summed E-state index contributed by atoms with van der Waals surface area (Å²) in [4.78, 5) is 13.4. The molecular weight excluding hydrogens is 210 g/mol. The molecule has 92 valence electrons. The van der Waals surface area contributed by atoms with E-state index in [9.17, 15) is 9.90 Å². The number of nitrogens with zero attached hydrogens (tertiary/aromatic N) is 1. The molecule has 1 N–H and O–H groups in total. The van der Waals surface area contributed by atoms with Gasteiger partial charge >= 0.3 is 6.09 Å². The van der Waals surface area contributed by atoms with Gasteiger partial charge in [-0.1, -0.05) is 0 Å². The van der Waals surface area contributed by atoms with E-state index in [1.807, 2.05) is 13.8 Å². The monoisotopic (exact) mass is 229 g/mol. The smallest absolute Gasteiger partial charge is 0.410 e. The van der Waals surface area contributed by atoms with Crippen molar-refractivity contribution in [1.29, 1.82) is 0 Å². The second-order valence-corrected chi connectivity index (χ2v) is 4.89. The van der Waals surface area contributed by atoms with Crippen LogP contribution in [0.15, 0.2) is 0 Å². The minimum atomic E-state index is -0.336.